The normalized spacial score (nSPS) is 10.2. The molecule has 0 saturated carbocycles. The Balaban J connectivity index is 0.000000202. The smallest absolute Gasteiger partial charge is 0.328 e. The average molecular weight is 525 g/mol. The van der Waals surface area contributed by atoms with E-state index in [4.69, 9.17) is 15.2 Å². The van der Waals surface area contributed by atoms with E-state index in [9.17, 15) is 19.7 Å². The van der Waals surface area contributed by atoms with Crippen molar-refractivity contribution in [3.63, 3.8) is 0 Å². The molecular weight excluding hydrogens is 500 g/mol. The summed E-state index contributed by atoms with van der Waals surface area (Å²) in [5.41, 5.74) is 7.67. The highest BCUT2D eigenvalue weighted by molar-refractivity contribution is 7.18. The molecule has 4 rings (SSSR count). The molecule has 0 unspecified atom stereocenters. The number of carbonyl (C=O) groups is 2. The van der Waals surface area contributed by atoms with E-state index < -0.39 is 4.92 Å². The first kappa shape index (κ1) is 26.6. The van der Waals surface area contributed by atoms with Crippen LogP contribution in [0.1, 0.15) is 44.3 Å². The number of Topliss-reactive ketones (excluding diaryl/α,β-unsaturated/α-hetero) is 2. The molecule has 2 aromatic heterocycles. The molecule has 2 heterocycles. The van der Waals surface area contributed by atoms with Gasteiger partial charge in [-0.25, -0.2) is 0 Å². The zero-order valence-electron chi connectivity index (χ0n) is 19.6. The maximum atomic E-state index is 11.4. The topological polar surface area (TPSA) is 122 Å². The monoisotopic (exact) mass is 524 g/mol. The number of nitrogen functional groups attached to an aromatic ring is 1. The van der Waals surface area contributed by atoms with Crippen LogP contribution in [0.5, 0.6) is 11.5 Å². The largest absolute Gasteiger partial charge is 0.487 e. The molecule has 8 nitrogen and oxygen atoms in total. The van der Waals surface area contributed by atoms with Crippen LogP contribution >= 0.6 is 22.7 Å². The number of ether oxygens (including phenoxy) is 2. The number of carbonyl (C=O) groups excluding carboxylic acids is 2. The molecule has 36 heavy (non-hydrogen) atoms. The number of hydrogen-bond acceptors (Lipinski definition) is 9. The molecule has 0 aliphatic heterocycles. The molecule has 0 bridgehead atoms. The summed E-state index contributed by atoms with van der Waals surface area (Å²) in [6, 6.07) is 22.2. The minimum Gasteiger partial charge on any atom is -0.487 e. The van der Waals surface area contributed by atoms with Crippen LogP contribution in [0.4, 0.5) is 10.0 Å². The van der Waals surface area contributed by atoms with Gasteiger partial charge in [0.1, 0.15) is 34.5 Å². The molecular formula is C26H24N2O6S2. The first-order valence-corrected chi connectivity index (χ1v) is 12.4. The summed E-state index contributed by atoms with van der Waals surface area (Å²) in [5, 5.41) is 11.2. The molecule has 0 fully saturated rings. The van der Waals surface area contributed by atoms with Crippen molar-refractivity contribution in [1.29, 1.82) is 0 Å². The summed E-state index contributed by atoms with van der Waals surface area (Å²) in [4.78, 5) is 33.8. The summed E-state index contributed by atoms with van der Waals surface area (Å²) < 4.78 is 11.1. The minimum atomic E-state index is -0.521. The van der Waals surface area contributed by atoms with Crippen molar-refractivity contribution in [2.24, 2.45) is 0 Å². The molecule has 0 amide bonds. The van der Waals surface area contributed by atoms with Gasteiger partial charge in [-0.2, -0.15) is 0 Å². The summed E-state index contributed by atoms with van der Waals surface area (Å²) >= 11 is 2.10. The van der Waals surface area contributed by atoms with Crippen LogP contribution in [0.15, 0.2) is 72.8 Å². The molecule has 0 aliphatic carbocycles. The van der Waals surface area contributed by atoms with Crippen molar-refractivity contribution in [3.05, 3.63) is 104 Å². The van der Waals surface area contributed by atoms with Gasteiger partial charge in [-0.05, 0) is 11.1 Å². The third-order valence-corrected chi connectivity index (χ3v) is 6.91. The molecule has 4 aromatic rings. The highest BCUT2D eigenvalue weighted by Gasteiger charge is 2.20. The number of thiophene rings is 2. The summed E-state index contributed by atoms with van der Waals surface area (Å²) in [6.45, 7) is 3.60. The van der Waals surface area contributed by atoms with Gasteiger partial charge in [0.15, 0.2) is 11.6 Å². The predicted molar refractivity (Wildman–Crippen MR) is 141 cm³/mol. The number of hydrogen-bond donors (Lipinski definition) is 1. The van der Waals surface area contributed by atoms with Gasteiger partial charge in [-0.15, -0.1) is 11.3 Å². The molecule has 10 heteroatoms. The highest BCUT2D eigenvalue weighted by Crippen LogP contribution is 2.35. The number of benzene rings is 2. The zero-order valence-corrected chi connectivity index (χ0v) is 21.3. The second-order valence-corrected chi connectivity index (χ2v) is 9.65. The summed E-state index contributed by atoms with van der Waals surface area (Å²) in [6.07, 6.45) is 0. The number of nitrogens with zero attached hydrogens (tertiary/aromatic N) is 1. The van der Waals surface area contributed by atoms with Gasteiger partial charge in [0.25, 0.3) is 0 Å². The van der Waals surface area contributed by atoms with Crippen LogP contribution < -0.4 is 15.2 Å². The molecule has 0 saturated heterocycles. The Bertz CT molecular complexity index is 1330. The fourth-order valence-corrected chi connectivity index (χ4v) is 4.60. The van der Waals surface area contributed by atoms with Crippen LogP contribution in [0.2, 0.25) is 0 Å². The molecule has 0 radical (unpaired) electrons. The van der Waals surface area contributed by atoms with Crippen molar-refractivity contribution >= 4 is 44.2 Å². The maximum Gasteiger partial charge on any atom is 0.328 e. The van der Waals surface area contributed by atoms with Crippen LogP contribution in [-0.4, -0.2) is 16.5 Å². The average Bonchev–Trinajstić information content (AvgIpc) is 3.47. The van der Waals surface area contributed by atoms with Crippen molar-refractivity contribution < 1.29 is 24.0 Å². The molecule has 2 N–H and O–H groups in total. The zero-order chi connectivity index (χ0) is 26.1. The lowest BCUT2D eigenvalue weighted by Gasteiger charge is -2.05. The van der Waals surface area contributed by atoms with E-state index in [0.717, 1.165) is 22.5 Å². The van der Waals surface area contributed by atoms with E-state index in [1.54, 1.807) is 6.07 Å². The van der Waals surface area contributed by atoms with E-state index in [1.165, 1.54) is 31.3 Å². The van der Waals surface area contributed by atoms with E-state index >= 15 is 0 Å². The Kier molecular flexibility index (Phi) is 9.32. The Morgan fingerprint density at radius 2 is 1.25 bits per heavy atom. The van der Waals surface area contributed by atoms with Gasteiger partial charge in [-0.3, -0.25) is 19.7 Å². The SMILES string of the molecule is CC(=O)c1sc(N)cc1OCc1ccccc1.CC(=O)c1sc([N+](=O)[O-])cc1OCc1ccccc1. The third-order valence-electron chi connectivity index (χ3n) is 4.70. The summed E-state index contributed by atoms with van der Waals surface area (Å²) in [5.74, 6) is 0.591. The number of ketones is 2. The second-order valence-electron chi connectivity index (χ2n) is 7.54. The third kappa shape index (κ3) is 7.49. The highest BCUT2D eigenvalue weighted by atomic mass is 32.1. The van der Waals surface area contributed by atoms with Crippen molar-refractivity contribution in [2.45, 2.75) is 27.1 Å². The molecule has 2 aromatic carbocycles. The number of nitro groups is 1. The van der Waals surface area contributed by atoms with Crippen LogP contribution in [0.25, 0.3) is 0 Å². The standard InChI is InChI=1S/C13H11NO4S.C13H13NO2S/c1-9(15)13-11(7-12(19-13)14(16)17)18-8-10-5-3-2-4-6-10;1-9(15)13-11(7-12(14)17-13)16-8-10-5-3-2-4-6-10/h2-7H,8H2,1H3;2-7H,8,14H2,1H3. The van der Waals surface area contributed by atoms with Crippen LogP contribution in [-0.2, 0) is 13.2 Å². The van der Waals surface area contributed by atoms with Gasteiger partial charge in [0.05, 0.1) is 16.0 Å². The lowest BCUT2D eigenvalue weighted by Crippen LogP contribution is -1.98. The quantitative estimate of drug-likeness (QED) is 0.150. The van der Waals surface area contributed by atoms with Gasteiger partial charge < -0.3 is 15.2 Å². The van der Waals surface area contributed by atoms with Gasteiger partial charge in [-0.1, -0.05) is 72.0 Å². The minimum absolute atomic E-state index is 0.0187. The number of anilines is 1. The second kappa shape index (κ2) is 12.6. The number of rotatable bonds is 9. The fraction of sp³-hybridized carbons (Fsp3) is 0.154. The predicted octanol–water partition coefficient (Wildman–Crippen LogP) is 6.55. The molecule has 0 aliphatic rings. The molecule has 186 valence electrons. The van der Waals surface area contributed by atoms with Crippen molar-refractivity contribution in [1.82, 2.24) is 0 Å². The Morgan fingerprint density at radius 3 is 1.69 bits per heavy atom. The lowest BCUT2D eigenvalue weighted by molar-refractivity contribution is -0.380. The van der Waals surface area contributed by atoms with E-state index in [0.29, 0.717) is 22.2 Å². The van der Waals surface area contributed by atoms with E-state index in [-0.39, 0.29) is 33.8 Å². The van der Waals surface area contributed by atoms with Gasteiger partial charge in [0.2, 0.25) is 0 Å². The van der Waals surface area contributed by atoms with Gasteiger partial charge >= 0.3 is 5.00 Å². The van der Waals surface area contributed by atoms with Crippen molar-refractivity contribution in [2.75, 3.05) is 5.73 Å². The molecule has 0 spiro atoms. The van der Waals surface area contributed by atoms with E-state index in [2.05, 4.69) is 0 Å². The lowest BCUT2D eigenvalue weighted by atomic mass is 10.2. The van der Waals surface area contributed by atoms with Crippen molar-refractivity contribution in [3.8, 4) is 11.5 Å². The molecule has 0 atom stereocenters. The maximum absolute atomic E-state index is 11.4. The Morgan fingerprint density at radius 1 is 0.806 bits per heavy atom. The fourth-order valence-electron chi connectivity index (χ4n) is 3.02. The Labute approximate surface area is 216 Å². The van der Waals surface area contributed by atoms with Crippen LogP contribution in [0.3, 0.4) is 0 Å². The van der Waals surface area contributed by atoms with Gasteiger partial charge in [0, 0.05) is 19.9 Å². The first-order chi connectivity index (χ1) is 17.2. The number of nitrogens with two attached hydrogens (primary N) is 1. The van der Waals surface area contributed by atoms with Crippen LogP contribution in [0, 0.1) is 10.1 Å². The summed E-state index contributed by atoms with van der Waals surface area (Å²) in [7, 11) is 0. The van der Waals surface area contributed by atoms with E-state index in [1.807, 2.05) is 60.7 Å². The Hall–Kier alpha value is -4.02. The first-order valence-electron chi connectivity index (χ1n) is 10.8.